The van der Waals surface area contributed by atoms with E-state index in [1.807, 2.05) is 0 Å². The standard InChI is InChI=1S/C13H15FN2O2/c1-9(17)16-8-2-3-12(16)13(18)15-11-6-4-10(14)5-7-11/h4-7,12H,2-3,8H2,1H3,(H,15,18). The van der Waals surface area contributed by atoms with E-state index in [-0.39, 0.29) is 17.6 Å². The molecule has 0 radical (unpaired) electrons. The summed E-state index contributed by atoms with van der Waals surface area (Å²) in [7, 11) is 0. The number of hydrogen-bond acceptors (Lipinski definition) is 2. The zero-order valence-corrected chi connectivity index (χ0v) is 10.1. The fourth-order valence-electron chi connectivity index (χ4n) is 2.17. The summed E-state index contributed by atoms with van der Waals surface area (Å²) in [6.45, 7) is 2.08. The van der Waals surface area contributed by atoms with Crippen LogP contribution in [-0.2, 0) is 9.59 Å². The van der Waals surface area contributed by atoms with E-state index in [1.165, 1.54) is 31.2 Å². The molecule has 0 spiro atoms. The first-order chi connectivity index (χ1) is 8.58. The van der Waals surface area contributed by atoms with E-state index in [2.05, 4.69) is 5.32 Å². The molecule has 1 N–H and O–H groups in total. The minimum atomic E-state index is -0.410. The van der Waals surface area contributed by atoms with Crippen molar-refractivity contribution in [1.29, 1.82) is 0 Å². The topological polar surface area (TPSA) is 49.4 Å². The maximum atomic E-state index is 12.7. The molecule has 0 bridgehead atoms. The van der Waals surface area contributed by atoms with Gasteiger partial charge in [-0.2, -0.15) is 0 Å². The molecule has 1 atom stereocenters. The summed E-state index contributed by atoms with van der Waals surface area (Å²) in [5, 5.41) is 2.70. The first kappa shape index (κ1) is 12.5. The molecule has 1 unspecified atom stereocenters. The Kier molecular flexibility index (Phi) is 3.60. The van der Waals surface area contributed by atoms with Gasteiger partial charge in [-0.05, 0) is 37.1 Å². The van der Waals surface area contributed by atoms with Crippen LogP contribution in [0.25, 0.3) is 0 Å². The molecule has 0 aromatic heterocycles. The van der Waals surface area contributed by atoms with Crippen LogP contribution in [0.1, 0.15) is 19.8 Å². The summed E-state index contributed by atoms with van der Waals surface area (Å²) >= 11 is 0. The summed E-state index contributed by atoms with van der Waals surface area (Å²) < 4.78 is 12.7. The Balaban J connectivity index is 2.03. The molecule has 1 fully saturated rings. The molecular formula is C13H15FN2O2. The smallest absolute Gasteiger partial charge is 0.247 e. The highest BCUT2D eigenvalue weighted by Crippen LogP contribution is 2.19. The van der Waals surface area contributed by atoms with Crippen LogP contribution < -0.4 is 5.32 Å². The maximum Gasteiger partial charge on any atom is 0.247 e. The van der Waals surface area contributed by atoms with Crippen molar-refractivity contribution in [3.8, 4) is 0 Å². The van der Waals surface area contributed by atoms with Gasteiger partial charge in [0.05, 0.1) is 0 Å². The largest absolute Gasteiger partial charge is 0.331 e. The SMILES string of the molecule is CC(=O)N1CCCC1C(=O)Nc1ccc(F)cc1. The van der Waals surface area contributed by atoms with Crippen LogP contribution in [0.5, 0.6) is 0 Å². The van der Waals surface area contributed by atoms with Crippen molar-refractivity contribution in [1.82, 2.24) is 4.90 Å². The van der Waals surface area contributed by atoms with Gasteiger partial charge in [0.25, 0.3) is 0 Å². The van der Waals surface area contributed by atoms with Crippen molar-refractivity contribution >= 4 is 17.5 Å². The van der Waals surface area contributed by atoms with E-state index in [0.717, 1.165) is 6.42 Å². The summed E-state index contributed by atoms with van der Waals surface area (Å²) in [4.78, 5) is 24.9. The molecule has 2 rings (SSSR count). The molecule has 18 heavy (non-hydrogen) atoms. The van der Waals surface area contributed by atoms with Gasteiger partial charge in [-0.1, -0.05) is 0 Å². The van der Waals surface area contributed by atoms with Gasteiger partial charge in [-0.15, -0.1) is 0 Å². The molecule has 1 aromatic rings. The highest BCUT2D eigenvalue weighted by molar-refractivity contribution is 5.97. The van der Waals surface area contributed by atoms with Crippen molar-refractivity contribution in [2.45, 2.75) is 25.8 Å². The Morgan fingerprint density at radius 2 is 2.00 bits per heavy atom. The average molecular weight is 250 g/mol. The van der Waals surface area contributed by atoms with E-state index < -0.39 is 6.04 Å². The summed E-state index contributed by atoms with van der Waals surface area (Å²) in [5.41, 5.74) is 0.539. The normalized spacial score (nSPS) is 18.8. The van der Waals surface area contributed by atoms with E-state index in [0.29, 0.717) is 18.7 Å². The second kappa shape index (κ2) is 5.16. The number of rotatable bonds is 2. The Hall–Kier alpha value is -1.91. The zero-order valence-electron chi connectivity index (χ0n) is 10.1. The van der Waals surface area contributed by atoms with E-state index in [1.54, 1.807) is 4.90 Å². The number of benzene rings is 1. The molecule has 1 aliphatic heterocycles. The lowest BCUT2D eigenvalue weighted by Crippen LogP contribution is -2.42. The van der Waals surface area contributed by atoms with E-state index in [9.17, 15) is 14.0 Å². The second-order valence-electron chi connectivity index (χ2n) is 4.37. The number of anilines is 1. The Morgan fingerprint density at radius 1 is 1.33 bits per heavy atom. The minimum Gasteiger partial charge on any atom is -0.331 e. The van der Waals surface area contributed by atoms with E-state index >= 15 is 0 Å². The maximum absolute atomic E-state index is 12.7. The third-order valence-electron chi connectivity index (χ3n) is 3.07. The third-order valence-corrected chi connectivity index (χ3v) is 3.07. The molecule has 1 heterocycles. The molecule has 96 valence electrons. The highest BCUT2D eigenvalue weighted by Gasteiger charge is 2.32. The van der Waals surface area contributed by atoms with Gasteiger partial charge >= 0.3 is 0 Å². The number of carbonyl (C=O) groups excluding carboxylic acids is 2. The number of halogens is 1. The van der Waals surface area contributed by atoms with Crippen molar-refractivity contribution in [2.75, 3.05) is 11.9 Å². The van der Waals surface area contributed by atoms with Crippen LogP contribution in [0.15, 0.2) is 24.3 Å². The molecule has 5 heteroatoms. The quantitative estimate of drug-likeness (QED) is 0.869. The van der Waals surface area contributed by atoms with Gasteiger partial charge < -0.3 is 10.2 Å². The molecule has 1 aromatic carbocycles. The second-order valence-corrected chi connectivity index (χ2v) is 4.37. The van der Waals surface area contributed by atoms with Gasteiger partial charge in [0.2, 0.25) is 11.8 Å². The molecule has 4 nitrogen and oxygen atoms in total. The molecule has 0 aliphatic carbocycles. The van der Waals surface area contributed by atoms with Crippen LogP contribution in [0, 0.1) is 5.82 Å². The van der Waals surface area contributed by atoms with E-state index in [4.69, 9.17) is 0 Å². The zero-order chi connectivity index (χ0) is 13.1. The number of hydrogen-bond donors (Lipinski definition) is 1. The van der Waals surface area contributed by atoms with Crippen molar-refractivity contribution in [3.63, 3.8) is 0 Å². The van der Waals surface area contributed by atoms with Gasteiger partial charge in [0.15, 0.2) is 0 Å². The highest BCUT2D eigenvalue weighted by atomic mass is 19.1. The summed E-state index contributed by atoms with van der Waals surface area (Å²) in [6, 6.07) is 5.16. The predicted molar refractivity (Wildman–Crippen MR) is 65.4 cm³/mol. The van der Waals surface area contributed by atoms with Gasteiger partial charge in [0.1, 0.15) is 11.9 Å². The van der Waals surface area contributed by atoms with Crippen LogP contribution in [-0.4, -0.2) is 29.3 Å². The first-order valence-corrected chi connectivity index (χ1v) is 5.91. The lowest BCUT2D eigenvalue weighted by Gasteiger charge is -2.22. The molecule has 2 amide bonds. The molecule has 1 aliphatic rings. The number of nitrogens with zero attached hydrogens (tertiary/aromatic N) is 1. The Bertz CT molecular complexity index is 459. The van der Waals surface area contributed by atoms with Crippen LogP contribution >= 0.6 is 0 Å². The van der Waals surface area contributed by atoms with Crippen LogP contribution in [0.4, 0.5) is 10.1 Å². The van der Waals surface area contributed by atoms with Gasteiger partial charge in [-0.25, -0.2) is 4.39 Å². The van der Waals surface area contributed by atoms with Crippen molar-refractivity contribution in [3.05, 3.63) is 30.1 Å². The fraction of sp³-hybridized carbons (Fsp3) is 0.385. The number of nitrogens with one attached hydrogen (secondary N) is 1. The van der Waals surface area contributed by atoms with Crippen molar-refractivity contribution < 1.29 is 14.0 Å². The predicted octanol–water partition coefficient (Wildman–Crippen LogP) is 1.78. The van der Waals surface area contributed by atoms with Gasteiger partial charge in [0, 0.05) is 19.2 Å². The summed E-state index contributed by atoms with van der Waals surface area (Å²) in [5.74, 6) is -0.653. The third kappa shape index (κ3) is 2.67. The first-order valence-electron chi connectivity index (χ1n) is 5.91. The van der Waals surface area contributed by atoms with Crippen LogP contribution in [0.2, 0.25) is 0 Å². The number of amides is 2. The lowest BCUT2D eigenvalue weighted by atomic mass is 10.2. The molecule has 0 saturated carbocycles. The molecule has 1 saturated heterocycles. The minimum absolute atomic E-state index is 0.0910. The Morgan fingerprint density at radius 3 is 2.61 bits per heavy atom. The monoisotopic (exact) mass is 250 g/mol. The lowest BCUT2D eigenvalue weighted by molar-refractivity contribution is -0.134. The summed E-state index contributed by atoms with van der Waals surface area (Å²) in [6.07, 6.45) is 1.51. The van der Waals surface area contributed by atoms with Gasteiger partial charge in [-0.3, -0.25) is 9.59 Å². The number of likely N-dealkylation sites (tertiary alicyclic amines) is 1. The molecular weight excluding hydrogens is 235 g/mol. The van der Waals surface area contributed by atoms with Crippen LogP contribution in [0.3, 0.4) is 0 Å². The fourth-order valence-corrected chi connectivity index (χ4v) is 2.17. The Labute approximate surface area is 105 Å². The average Bonchev–Trinajstić information content (AvgIpc) is 2.81. The number of carbonyl (C=O) groups is 2. The van der Waals surface area contributed by atoms with Crippen molar-refractivity contribution in [2.24, 2.45) is 0 Å².